The van der Waals surface area contributed by atoms with Crippen LogP contribution in [-0.2, 0) is 14.8 Å². The molecule has 1 amide bonds. The first kappa shape index (κ1) is 18.4. The normalized spacial score (nSPS) is 12.0. The van der Waals surface area contributed by atoms with E-state index in [1.54, 1.807) is 18.2 Å². The zero-order valence-electron chi connectivity index (χ0n) is 13.3. The highest BCUT2D eigenvalue weighted by Gasteiger charge is 2.09. The van der Waals surface area contributed by atoms with Gasteiger partial charge < -0.3 is 5.32 Å². The van der Waals surface area contributed by atoms with Gasteiger partial charge in [0.2, 0.25) is 15.9 Å². The molecule has 0 atom stereocenters. The van der Waals surface area contributed by atoms with E-state index in [9.17, 15) is 13.2 Å². The van der Waals surface area contributed by atoms with Crippen LogP contribution in [0.15, 0.2) is 35.2 Å². The third-order valence-electron chi connectivity index (χ3n) is 3.14. The van der Waals surface area contributed by atoms with Gasteiger partial charge in [0.25, 0.3) is 0 Å². The molecule has 0 unspecified atom stereocenters. The van der Waals surface area contributed by atoms with Crippen LogP contribution in [-0.4, -0.2) is 27.9 Å². The molecule has 1 aromatic rings. The number of hydrogen-bond acceptors (Lipinski definition) is 3. The first-order chi connectivity index (χ1) is 10.3. The Hall–Kier alpha value is -1.66. The lowest BCUT2D eigenvalue weighted by Crippen LogP contribution is -2.22. The van der Waals surface area contributed by atoms with Gasteiger partial charge >= 0.3 is 0 Å². The molecule has 1 rings (SSSR count). The van der Waals surface area contributed by atoms with Crippen molar-refractivity contribution in [3.63, 3.8) is 0 Å². The van der Waals surface area contributed by atoms with Crippen LogP contribution in [0, 0.1) is 5.92 Å². The fraction of sp³-hybridized carbons (Fsp3) is 0.438. The second-order valence-electron chi connectivity index (χ2n) is 5.44. The predicted molar refractivity (Wildman–Crippen MR) is 88.8 cm³/mol. The van der Waals surface area contributed by atoms with Gasteiger partial charge in [0, 0.05) is 12.6 Å². The van der Waals surface area contributed by atoms with E-state index < -0.39 is 10.0 Å². The van der Waals surface area contributed by atoms with Gasteiger partial charge in [0.15, 0.2) is 0 Å². The molecule has 0 radical (unpaired) electrons. The average molecular weight is 324 g/mol. The Kier molecular flexibility index (Phi) is 7.27. The van der Waals surface area contributed by atoms with E-state index >= 15 is 0 Å². The maximum absolute atomic E-state index is 11.6. The molecule has 22 heavy (non-hydrogen) atoms. The molecular formula is C16H24N2O3S. The summed E-state index contributed by atoms with van der Waals surface area (Å²) in [6.07, 6.45) is 5.17. The van der Waals surface area contributed by atoms with E-state index in [2.05, 4.69) is 23.9 Å². The topological polar surface area (TPSA) is 75.3 Å². The first-order valence-corrected chi connectivity index (χ1v) is 8.83. The number of benzene rings is 1. The minimum Gasteiger partial charge on any atom is -0.353 e. The summed E-state index contributed by atoms with van der Waals surface area (Å²) in [7, 11) is -2.05. The van der Waals surface area contributed by atoms with Crippen molar-refractivity contribution in [2.45, 2.75) is 31.6 Å². The predicted octanol–water partition coefficient (Wildman–Crippen LogP) is 2.16. The number of sulfonamides is 1. The lowest BCUT2D eigenvalue weighted by Gasteiger charge is -2.04. The molecule has 6 heteroatoms. The van der Waals surface area contributed by atoms with Crippen molar-refractivity contribution in [1.82, 2.24) is 10.0 Å². The highest BCUT2D eigenvalue weighted by atomic mass is 32.2. The van der Waals surface area contributed by atoms with Crippen LogP contribution in [0.2, 0.25) is 0 Å². The smallest absolute Gasteiger partial charge is 0.243 e. The molecule has 0 heterocycles. The van der Waals surface area contributed by atoms with Crippen molar-refractivity contribution in [1.29, 1.82) is 0 Å². The minimum absolute atomic E-state index is 0.143. The lowest BCUT2D eigenvalue weighted by atomic mass is 10.1. The standard InChI is InChI=1S/C16H24N2O3S/c1-13(2)5-4-12-18-16(19)11-8-14-6-9-15(10-7-14)22(20,21)17-3/h6-11,13,17H,4-5,12H2,1-3H3,(H,18,19)/b11-8+. The fourth-order valence-corrected chi connectivity index (χ4v) is 2.56. The molecule has 0 aliphatic carbocycles. The van der Waals surface area contributed by atoms with Crippen molar-refractivity contribution in [2.24, 2.45) is 5.92 Å². The molecule has 0 spiro atoms. The molecule has 0 aliphatic heterocycles. The van der Waals surface area contributed by atoms with Gasteiger partial charge in [-0.3, -0.25) is 4.79 Å². The zero-order valence-corrected chi connectivity index (χ0v) is 14.1. The third kappa shape index (κ3) is 6.41. The zero-order chi connectivity index (χ0) is 16.6. The Morgan fingerprint density at radius 3 is 2.41 bits per heavy atom. The summed E-state index contributed by atoms with van der Waals surface area (Å²) >= 11 is 0. The largest absolute Gasteiger partial charge is 0.353 e. The number of nitrogens with one attached hydrogen (secondary N) is 2. The van der Waals surface area contributed by atoms with Crippen molar-refractivity contribution < 1.29 is 13.2 Å². The number of amides is 1. The van der Waals surface area contributed by atoms with Crippen LogP contribution in [0.25, 0.3) is 6.08 Å². The molecule has 0 bridgehead atoms. The van der Waals surface area contributed by atoms with Crippen molar-refractivity contribution in [3.8, 4) is 0 Å². The molecule has 0 saturated carbocycles. The van der Waals surface area contributed by atoms with Gasteiger partial charge in [-0.1, -0.05) is 26.0 Å². The van der Waals surface area contributed by atoms with Crippen molar-refractivity contribution >= 4 is 22.0 Å². The van der Waals surface area contributed by atoms with Gasteiger partial charge in [-0.2, -0.15) is 0 Å². The number of hydrogen-bond donors (Lipinski definition) is 2. The van der Waals surface area contributed by atoms with E-state index in [1.807, 2.05) is 0 Å². The van der Waals surface area contributed by atoms with Gasteiger partial charge in [-0.25, -0.2) is 13.1 Å². The van der Waals surface area contributed by atoms with Gasteiger partial charge in [0.1, 0.15) is 0 Å². The maximum atomic E-state index is 11.6. The van der Waals surface area contributed by atoms with E-state index in [4.69, 9.17) is 0 Å². The molecule has 0 aliphatic rings. The quantitative estimate of drug-likeness (QED) is 0.568. The summed E-state index contributed by atoms with van der Waals surface area (Å²) in [6, 6.07) is 6.33. The Morgan fingerprint density at radius 2 is 1.86 bits per heavy atom. The lowest BCUT2D eigenvalue weighted by molar-refractivity contribution is -0.116. The molecular weight excluding hydrogens is 300 g/mol. The average Bonchev–Trinajstić information content (AvgIpc) is 2.49. The Balaban J connectivity index is 2.51. The Labute approximate surface area is 132 Å². The highest BCUT2D eigenvalue weighted by Crippen LogP contribution is 2.11. The summed E-state index contributed by atoms with van der Waals surface area (Å²) in [5, 5.41) is 2.82. The Morgan fingerprint density at radius 1 is 1.23 bits per heavy atom. The van der Waals surface area contributed by atoms with Crippen LogP contribution in [0.3, 0.4) is 0 Å². The number of carbonyl (C=O) groups is 1. The molecule has 5 nitrogen and oxygen atoms in total. The van der Waals surface area contributed by atoms with E-state index in [-0.39, 0.29) is 10.8 Å². The minimum atomic E-state index is -3.42. The second-order valence-corrected chi connectivity index (χ2v) is 7.32. The summed E-state index contributed by atoms with van der Waals surface area (Å²) < 4.78 is 25.4. The van der Waals surface area contributed by atoms with E-state index in [1.165, 1.54) is 25.3 Å². The van der Waals surface area contributed by atoms with Crippen molar-refractivity contribution in [2.75, 3.05) is 13.6 Å². The molecule has 0 fully saturated rings. The summed E-state index contributed by atoms with van der Waals surface area (Å²) in [6.45, 7) is 4.97. The SMILES string of the molecule is CNS(=O)(=O)c1ccc(/C=C/C(=O)NCCCC(C)C)cc1. The summed E-state index contributed by atoms with van der Waals surface area (Å²) in [5.41, 5.74) is 0.771. The highest BCUT2D eigenvalue weighted by molar-refractivity contribution is 7.89. The fourth-order valence-electron chi connectivity index (χ4n) is 1.83. The van der Waals surface area contributed by atoms with Crippen molar-refractivity contribution in [3.05, 3.63) is 35.9 Å². The molecule has 0 aromatic heterocycles. The van der Waals surface area contributed by atoms with Crippen LogP contribution in [0.1, 0.15) is 32.3 Å². The second kappa shape index (κ2) is 8.70. The van der Waals surface area contributed by atoms with Crippen LogP contribution < -0.4 is 10.0 Å². The summed E-state index contributed by atoms with van der Waals surface area (Å²) in [4.78, 5) is 11.8. The molecule has 122 valence electrons. The van der Waals surface area contributed by atoms with Crippen LogP contribution >= 0.6 is 0 Å². The van der Waals surface area contributed by atoms with Gasteiger partial charge in [0.05, 0.1) is 4.90 Å². The van der Waals surface area contributed by atoms with Gasteiger partial charge in [-0.15, -0.1) is 0 Å². The number of carbonyl (C=O) groups excluding carboxylic acids is 1. The van der Waals surface area contributed by atoms with Gasteiger partial charge in [-0.05, 0) is 49.6 Å². The van der Waals surface area contributed by atoms with Crippen LogP contribution in [0.5, 0.6) is 0 Å². The van der Waals surface area contributed by atoms with E-state index in [0.717, 1.165) is 18.4 Å². The summed E-state index contributed by atoms with van der Waals surface area (Å²) in [5.74, 6) is 0.496. The maximum Gasteiger partial charge on any atom is 0.243 e. The monoisotopic (exact) mass is 324 g/mol. The first-order valence-electron chi connectivity index (χ1n) is 7.34. The van der Waals surface area contributed by atoms with E-state index in [0.29, 0.717) is 12.5 Å². The number of rotatable bonds is 8. The third-order valence-corrected chi connectivity index (χ3v) is 4.57. The molecule has 0 saturated heterocycles. The molecule has 2 N–H and O–H groups in total. The van der Waals surface area contributed by atoms with Crippen LogP contribution in [0.4, 0.5) is 0 Å². The molecule has 1 aromatic carbocycles. The Bertz CT molecular complexity index is 605.